The second kappa shape index (κ2) is 6.10. The van der Waals surface area contributed by atoms with E-state index in [1.165, 1.54) is 0 Å². The minimum atomic E-state index is -0.184. The van der Waals surface area contributed by atoms with Crippen LogP contribution in [0, 0.1) is 3.57 Å². The van der Waals surface area contributed by atoms with Crippen molar-refractivity contribution in [3.8, 4) is 0 Å². The van der Waals surface area contributed by atoms with Gasteiger partial charge in [-0.05, 0) is 53.1 Å². The summed E-state index contributed by atoms with van der Waals surface area (Å²) in [7, 11) is 0. The van der Waals surface area contributed by atoms with Gasteiger partial charge < -0.3 is 0 Å². The topological polar surface area (TPSA) is 41.5 Å². The molecule has 2 rings (SSSR count). The SMILES string of the molecule is CC(=NNC(=O)c1ccccc1I)c1cccs1. The molecule has 92 valence electrons. The number of hydrogen-bond acceptors (Lipinski definition) is 3. The molecule has 0 aliphatic rings. The lowest BCUT2D eigenvalue weighted by Gasteiger charge is -2.03. The second-order valence-corrected chi connectivity index (χ2v) is 5.71. The Morgan fingerprint density at radius 1 is 1.28 bits per heavy atom. The van der Waals surface area contributed by atoms with E-state index >= 15 is 0 Å². The van der Waals surface area contributed by atoms with Crippen LogP contribution in [0.25, 0.3) is 0 Å². The molecule has 0 aliphatic carbocycles. The van der Waals surface area contributed by atoms with Crippen LogP contribution in [0.5, 0.6) is 0 Å². The molecule has 0 saturated heterocycles. The standard InChI is InChI=1S/C13H11IN2OS/c1-9(12-7-4-8-18-12)15-16-13(17)10-5-2-3-6-11(10)14/h2-8H,1H3,(H,16,17). The molecule has 1 amide bonds. The molecule has 0 atom stereocenters. The largest absolute Gasteiger partial charge is 0.272 e. The van der Waals surface area contributed by atoms with Crippen molar-refractivity contribution in [3.05, 3.63) is 55.8 Å². The highest BCUT2D eigenvalue weighted by atomic mass is 127. The lowest BCUT2D eigenvalue weighted by atomic mass is 10.2. The minimum Gasteiger partial charge on any atom is -0.267 e. The molecule has 1 heterocycles. The number of hydrazone groups is 1. The van der Waals surface area contributed by atoms with Crippen LogP contribution < -0.4 is 5.43 Å². The highest BCUT2D eigenvalue weighted by molar-refractivity contribution is 14.1. The van der Waals surface area contributed by atoms with Crippen molar-refractivity contribution in [1.29, 1.82) is 0 Å². The molecule has 1 aromatic heterocycles. The first-order valence-electron chi connectivity index (χ1n) is 5.31. The highest BCUT2D eigenvalue weighted by Gasteiger charge is 2.08. The van der Waals surface area contributed by atoms with Gasteiger partial charge in [0.15, 0.2) is 0 Å². The Hall–Kier alpha value is -1.21. The van der Waals surface area contributed by atoms with E-state index in [0.29, 0.717) is 5.56 Å². The zero-order valence-electron chi connectivity index (χ0n) is 9.68. The Balaban J connectivity index is 2.09. The predicted octanol–water partition coefficient (Wildman–Crippen LogP) is 3.51. The first kappa shape index (κ1) is 13.2. The van der Waals surface area contributed by atoms with E-state index < -0.39 is 0 Å². The summed E-state index contributed by atoms with van der Waals surface area (Å²) in [6, 6.07) is 11.4. The fourth-order valence-corrected chi connectivity index (χ4v) is 2.69. The van der Waals surface area contributed by atoms with Crippen molar-refractivity contribution in [3.63, 3.8) is 0 Å². The quantitative estimate of drug-likeness (QED) is 0.502. The Labute approximate surface area is 123 Å². The van der Waals surface area contributed by atoms with Crippen molar-refractivity contribution >= 4 is 45.5 Å². The zero-order valence-corrected chi connectivity index (χ0v) is 12.7. The van der Waals surface area contributed by atoms with Gasteiger partial charge in [-0.2, -0.15) is 5.10 Å². The van der Waals surface area contributed by atoms with Crippen LogP contribution in [0.1, 0.15) is 22.2 Å². The van der Waals surface area contributed by atoms with E-state index in [-0.39, 0.29) is 5.91 Å². The van der Waals surface area contributed by atoms with Crippen LogP contribution in [-0.2, 0) is 0 Å². The number of carbonyl (C=O) groups is 1. The zero-order chi connectivity index (χ0) is 13.0. The number of nitrogens with one attached hydrogen (secondary N) is 1. The molecule has 3 nitrogen and oxygen atoms in total. The molecule has 0 unspecified atom stereocenters. The summed E-state index contributed by atoms with van der Waals surface area (Å²) in [5, 5.41) is 6.09. The summed E-state index contributed by atoms with van der Waals surface area (Å²) < 4.78 is 0.913. The van der Waals surface area contributed by atoms with Crippen molar-refractivity contribution in [2.24, 2.45) is 5.10 Å². The number of thiophene rings is 1. The molecular weight excluding hydrogens is 359 g/mol. The number of carbonyl (C=O) groups excluding carboxylic acids is 1. The molecule has 2 aromatic rings. The van der Waals surface area contributed by atoms with Gasteiger partial charge >= 0.3 is 0 Å². The fourth-order valence-electron chi connectivity index (χ4n) is 1.38. The average Bonchev–Trinajstić information content (AvgIpc) is 2.90. The summed E-state index contributed by atoms with van der Waals surface area (Å²) in [4.78, 5) is 13.0. The van der Waals surface area contributed by atoms with Gasteiger partial charge in [0.2, 0.25) is 0 Å². The lowest BCUT2D eigenvalue weighted by Crippen LogP contribution is -2.20. The smallest absolute Gasteiger partial charge is 0.267 e. The number of amides is 1. The first-order valence-corrected chi connectivity index (χ1v) is 7.27. The van der Waals surface area contributed by atoms with Gasteiger partial charge in [-0.25, -0.2) is 5.43 Å². The van der Waals surface area contributed by atoms with E-state index in [1.54, 1.807) is 17.4 Å². The maximum absolute atomic E-state index is 11.9. The van der Waals surface area contributed by atoms with Gasteiger partial charge in [-0.3, -0.25) is 4.79 Å². The molecular formula is C13H11IN2OS. The molecule has 0 bridgehead atoms. The van der Waals surface area contributed by atoms with E-state index in [1.807, 2.05) is 42.6 Å². The molecule has 0 spiro atoms. The van der Waals surface area contributed by atoms with Crippen LogP contribution in [0.3, 0.4) is 0 Å². The summed E-state index contributed by atoms with van der Waals surface area (Å²) in [6.45, 7) is 1.88. The van der Waals surface area contributed by atoms with Gasteiger partial charge in [0.05, 0.1) is 11.3 Å². The molecule has 18 heavy (non-hydrogen) atoms. The normalized spacial score (nSPS) is 11.3. The Bertz CT molecular complexity index is 578. The number of nitrogens with zero attached hydrogens (tertiary/aromatic N) is 1. The minimum absolute atomic E-state index is 0.184. The Morgan fingerprint density at radius 2 is 2.06 bits per heavy atom. The molecule has 5 heteroatoms. The first-order chi connectivity index (χ1) is 8.68. The van der Waals surface area contributed by atoms with Gasteiger partial charge in [0, 0.05) is 8.45 Å². The third-order valence-corrected chi connectivity index (χ3v) is 4.24. The number of benzene rings is 1. The van der Waals surface area contributed by atoms with E-state index in [0.717, 1.165) is 14.2 Å². The molecule has 1 N–H and O–H groups in total. The summed E-state index contributed by atoms with van der Waals surface area (Å²) in [5.74, 6) is -0.184. The highest BCUT2D eigenvalue weighted by Crippen LogP contribution is 2.12. The van der Waals surface area contributed by atoms with Gasteiger partial charge in [0.1, 0.15) is 0 Å². The van der Waals surface area contributed by atoms with Gasteiger partial charge in [0.25, 0.3) is 5.91 Å². The maximum Gasteiger partial charge on any atom is 0.272 e. The van der Waals surface area contributed by atoms with Crippen LogP contribution in [0.15, 0.2) is 46.9 Å². The number of halogens is 1. The molecule has 0 saturated carbocycles. The van der Waals surface area contributed by atoms with Crippen molar-refractivity contribution in [1.82, 2.24) is 5.43 Å². The van der Waals surface area contributed by atoms with E-state index in [4.69, 9.17) is 0 Å². The van der Waals surface area contributed by atoms with Crippen LogP contribution >= 0.6 is 33.9 Å². The van der Waals surface area contributed by atoms with Crippen LogP contribution in [-0.4, -0.2) is 11.6 Å². The predicted molar refractivity (Wildman–Crippen MR) is 83.2 cm³/mol. The summed E-state index contributed by atoms with van der Waals surface area (Å²) >= 11 is 3.73. The average molecular weight is 370 g/mol. The van der Waals surface area contributed by atoms with Crippen molar-refractivity contribution in [2.45, 2.75) is 6.92 Å². The molecule has 0 aliphatic heterocycles. The Kier molecular flexibility index (Phi) is 4.48. The summed E-state index contributed by atoms with van der Waals surface area (Å²) in [6.07, 6.45) is 0. The molecule has 0 radical (unpaired) electrons. The van der Waals surface area contributed by atoms with Crippen molar-refractivity contribution in [2.75, 3.05) is 0 Å². The number of hydrogen-bond donors (Lipinski definition) is 1. The lowest BCUT2D eigenvalue weighted by molar-refractivity contribution is 0.0954. The Morgan fingerprint density at radius 3 is 2.72 bits per heavy atom. The second-order valence-electron chi connectivity index (χ2n) is 3.60. The van der Waals surface area contributed by atoms with E-state index in [9.17, 15) is 4.79 Å². The monoisotopic (exact) mass is 370 g/mol. The molecule has 0 fully saturated rings. The maximum atomic E-state index is 11.9. The fraction of sp³-hybridized carbons (Fsp3) is 0.0769. The van der Waals surface area contributed by atoms with E-state index in [2.05, 4.69) is 33.1 Å². The van der Waals surface area contributed by atoms with Gasteiger partial charge in [-0.15, -0.1) is 11.3 Å². The van der Waals surface area contributed by atoms with Crippen LogP contribution in [0.2, 0.25) is 0 Å². The van der Waals surface area contributed by atoms with Gasteiger partial charge in [-0.1, -0.05) is 18.2 Å². The number of rotatable bonds is 3. The van der Waals surface area contributed by atoms with Crippen LogP contribution in [0.4, 0.5) is 0 Å². The van der Waals surface area contributed by atoms with Crippen molar-refractivity contribution < 1.29 is 4.79 Å². The third kappa shape index (κ3) is 3.17. The third-order valence-electron chi connectivity index (χ3n) is 2.32. The summed E-state index contributed by atoms with van der Waals surface area (Å²) in [5.41, 5.74) is 4.03. The molecule has 1 aromatic carbocycles.